The van der Waals surface area contributed by atoms with Crippen LogP contribution in [-0.4, -0.2) is 69.8 Å². The minimum Gasteiger partial charge on any atom is -0.352 e. The first-order valence-corrected chi connectivity index (χ1v) is 14.1. The summed E-state index contributed by atoms with van der Waals surface area (Å²) in [6.07, 6.45) is 8.11. The highest BCUT2D eigenvalue weighted by Crippen LogP contribution is 2.31. The molecule has 1 aliphatic rings. The van der Waals surface area contributed by atoms with Crippen LogP contribution in [0.3, 0.4) is 0 Å². The summed E-state index contributed by atoms with van der Waals surface area (Å²) in [5, 5.41) is 12.4. The topological polar surface area (TPSA) is 88.8 Å². The van der Waals surface area contributed by atoms with Gasteiger partial charge in [0.05, 0.1) is 11.0 Å². The molecule has 0 amide bonds. The minimum absolute atomic E-state index is 0.734. The number of benzene rings is 2. The van der Waals surface area contributed by atoms with Crippen LogP contribution in [0.25, 0.3) is 39.0 Å². The third kappa shape index (κ3) is 5.70. The van der Waals surface area contributed by atoms with E-state index in [0.29, 0.717) is 0 Å². The molecule has 0 aliphatic carbocycles. The molecule has 6 rings (SSSR count). The van der Waals surface area contributed by atoms with E-state index in [4.69, 9.17) is 9.97 Å². The number of nitrogens with zero attached hydrogens (tertiary/aromatic N) is 5. The lowest BCUT2D eigenvalue weighted by atomic mass is 10.00. The summed E-state index contributed by atoms with van der Waals surface area (Å²) in [5.74, 6) is 1.67. The van der Waals surface area contributed by atoms with E-state index in [0.717, 1.165) is 95.3 Å². The molecule has 3 aromatic heterocycles. The third-order valence-electron chi connectivity index (χ3n) is 7.72. The van der Waals surface area contributed by atoms with Gasteiger partial charge in [-0.25, -0.2) is 9.97 Å². The first-order valence-electron chi connectivity index (χ1n) is 14.1. The molecule has 1 fully saturated rings. The van der Waals surface area contributed by atoms with Gasteiger partial charge in [0.25, 0.3) is 0 Å². The lowest BCUT2D eigenvalue weighted by Gasteiger charge is -2.33. The molecule has 1 aliphatic heterocycles. The van der Waals surface area contributed by atoms with E-state index in [1.165, 1.54) is 5.56 Å². The number of rotatable bonds is 9. The Morgan fingerprint density at radius 3 is 2.66 bits per heavy atom. The number of aromatic amines is 2. The van der Waals surface area contributed by atoms with Gasteiger partial charge in [-0.15, -0.1) is 0 Å². The molecule has 208 valence electrons. The standard InChI is InChI=1S/C33H36N8/c1-4-23(21-34-22-24-9-7-6-8-10-24)19-25(5-2)26-11-12-28-27(20-26)30(39-38-28)32-36-29-13-14-35-33(31(29)37-32)41-17-15-40(3)16-18-41/h4-14,19-20,34H,1,15-18,21-22H2,2-3H3,(H,36,37)(H,38,39)/b23-19+,25-5+. The van der Waals surface area contributed by atoms with Gasteiger partial charge in [0.15, 0.2) is 11.6 Å². The summed E-state index contributed by atoms with van der Waals surface area (Å²) in [5.41, 5.74) is 8.24. The van der Waals surface area contributed by atoms with Crippen molar-refractivity contribution in [1.82, 2.24) is 35.4 Å². The predicted octanol–water partition coefficient (Wildman–Crippen LogP) is 5.56. The van der Waals surface area contributed by atoms with Crippen LogP contribution in [0.4, 0.5) is 5.82 Å². The second-order valence-corrected chi connectivity index (χ2v) is 10.5. The normalized spacial score (nSPS) is 15.2. The second-order valence-electron chi connectivity index (χ2n) is 10.5. The summed E-state index contributed by atoms with van der Waals surface area (Å²) >= 11 is 0. The average Bonchev–Trinajstić information content (AvgIpc) is 3.64. The van der Waals surface area contributed by atoms with Crippen molar-refractivity contribution < 1.29 is 0 Å². The average molecular weight is 545 g/mol. The Balaban J connectivity index is 1.27. The second kappa shape index (κ2) is 11.9. The maximum Gasteiger partial charge on any atom is 0.159 e. The Bertz CT molecular complexity index is 1720. The number of fused-ring (bicyclic) bond motifs is 2. The van der Waals surface area contributed by atoms with Crippen LogP contribution in [0, 0.1) is 0 Å². The molecule has 8 heteroatoms. The molecule has 3 N–H and O–H groups in total. The van der Waals surface area contributed by atoms with Crippen LogP contribution in [0.5, 0.6) is 0 Å². The van der Waals surface area contributed by atoms with Crippen LogP contribution in [0.2, 0.25) is 0 Å². The van der Waals surface area contributed by atoms with E-state index in [1.54, 1.807) is 0 Å². The maximum atomic E-state index is 5.01. The Hall–Kier alpha value is -4.53. The number of piperazine rings is 1. The van der Waals surface area contributed by atoms with Crippen molar-refractivity contribution >= 4 is 33.3 Å². The van der Waals surface area contributed by atoms with Crippen LogP contribution < -0.4 is 10.2 Å². The summed E-state index contributed by atoms with van der Waals surface area (Å²) in [4.78, 5) is 17.9. The molecule has 1 saturated heterocycles. The maximum absolute atomic E-state index is 5.01. The van der Waals surface area contributed by atoms with Crippen molar-refractivity contribution in [2.75, 3.05) is 44.7 Å². The number of allylic oxidation sites excluding steroid dienone is 3. The fourth-order valence-corrected chi connectivity index (χ4v) is 5.32. The zero-order valence-electron chi connectivity index (χ0n) is 23.7. The van der Waals surface area contributed by atoms with E-state index in [9.17, 15) is 0 Å². The molecule has 5 aromatic rings. The van der Waals surface area contributed by atoms with E-state index >= 15 is 0 Å². The van der Waals surface area contributed by atoms with Crippen molar-refractivity contribution in [3.63, 3.8) is 0 Å². The van der Waals surface area contributed by atoms with Gasteiger partial charge in [-0.05, 0) is 54.4 Å². The Kier molecular flexibility index (Phi) is 7.75. The van der Waals surface area contributed by atoms with Gasteiger partial charge in [-0.1, -0.05) is 61.2 Å². The monoisotopic (exact) mass is 544 g/mol. The molecule has 0 radical (unpaired) electrons. The van der Waals surface area contributed by atoms with Crippen molar-refractivity contribution in [1.29, 1.82) is 0 Å². The van der Waals surface area contributed by atoms with E-state index < -0.39 is 0 Å². The molecule has 0 unspecified atom stereocenters. The Labute approximate surface area is 240 Å². The quantitative estimate of drug-likeness (QED) is 0.211. The smallest absolute Gasteiger partial charge is 0.159 e. The van der Waals surface area contributed by atoms with E-state index in [-0.39, 0.29) is 0 Å². The van der Waals surface area contributed by atoms with Gasteiger partial charge in [-0.2, -0.15) is 5.10 Å². The van der Waals surface area contributed by atoms with E-state index in [1.807, 2.05) is 24.4 Å². The first kappa shape index (κ1) is 26.7. The summed E-state index contributed by atoms with van der Waals surface area (Å²) < 4.78 is 0. The van der Waals surface area contributed by atoms with Gasteiger partial charge < -0.3 is 20.1 Å². The zero-order chi connectivity index (χ0) is 28.2. The van der Waals surface area contributed by atoms with Crippen LogP contribution >= 0.6 is 0 Å². The number of H-pyrrole nitrogens is 2. The van der Waals surface area contributed by atoms with Gasteiger partial charge in [-0.3, -0.25) is 5.10 Å². The highest BCUT2D eigenvalue weighted by Gasteiger charge is 2.21. The molecule has 8 nitrogen and oxygen atoms in total. The van der Waals surface area contributed by atoms with Gasteiger partial charge in [0, 0.05) is 50.9 Å². The van der Waals surface area contributed by atoms with E-state index in [2.05, 4.69) is 105 Å². The molecular formula is C33H36N8. The number of hydrogen-bond acceptors (Lipinski definition) is 6. The van der Waals surface area contributed by atoms with Gasteiger partial charge >= 0.3 is 0 Å². The molecule has 0 atom stereocenters. The van der Waals surface area contributed by atoms with Crippen LogP contribution in [0.15, 0.2) is 91.2 Å². The Morgan fingerprint density at radius 1 is 1.05 bits per heavy atom. The van der Waals surface area contributed by atoms with Crippen molar-refractivity contribution in [3.8, 4) is 11.5 Å². The largest absolute Gasteiger partial charge is 0.352 e. The summed E-state index contributed by atoms with van der Waals surface area (Å²) in [6, 6.07) is 18.8. The fourth-order valence-electron chi connectivity index (χ4n) is 5.32. The number of aromatic nitrogens is 5. The van der Waals surface area contributed by atoms with Crippen molar-refractivity contribution in [2.45, 2.75) is 13.5 Å². The molecule has 41 heavy (non-hydrogen) atoms. The number of hydrogen-bond donors (Lipinski definition) is 3. The summed E-state index contributed by atoms with van der Waals surface area (Å²) in [6.45, 7) is 11.6. The number of imidazole rings is 1. The molecule has 4 heterocycles. The summed E-state index contributed by atoms with van der Waals surface area (Å²) in [7, 11) is 2.16. The number of nitrogens with one attached hydrogen (secondary N) is 3. The lowest BCUT2D eigenvalue weighted by Crippen LogP contribution is -2.44. The van der Waals surface area contributed by atoms with Crippen LogP contribution in [-0.2, 0) is 6.54 Å². The van der Waals surface area contributed by atoms with Crippen LogP contribution in [0.1, 0.15) is 18.1 Å². The highest BCUT2D eigenvalue weighted by molar-refractivity contribution is 5.97. The number of anilines is 1. The first-order chi connectivity index (χ1) is 20.1. The highest BCUT2D eigenvalue weighted by atomic mass is 15.3. The molecule has 0 spiro atoms. The lowest BCUT2D eigenvalue weighted by molar-refractivity contribution is 0.312. The fraction of sp³-hybridized carbons (Fsp3) is 0.242. The van der Waals surface area contributed by atoms with Gasteiger partial charge in [0.1, 0.15) is 11.2 Å². The third-order valence-corrected chi connectivity index (χ3v) is 7.72. The number of pyridine rings is 1. The van der Waals surface area contributed by atoms with Crippen molar-refractivity contribution in [3.05, 3.63) is 102 Å². The van der Waals surface area contributed by atoms with Crippen molar-refractivity contribution in [2.24, 2.45) is 0 Å². The molecule has 0 bridgehead atoms. The minimum atomic E-state index is 0.734. The molecular weight excluding hydrogens is 508 g/mol. The Morgan fingerprint density at radius 2 is 1.88 bits per heavy atom. The SMILES string of the molecule is C=C/C(=C\C(=C/C)c1ccc2[nH]nc(-c3nc4c(N5CCN(C)CC5)nccc4[nH]3)c2c1)CNCc1ccccc1. The number of likely N-dealkylation sites (N-methyl/N-ethyl adjacent to an activating group) is 1. The zero-order valence-corrected chi connectivity index (χ0v) is 23.7. The molecule has 0 saturated carbocycles. The van der Waals surface area contributed by atoms with Gasteiger partial charge in [0.2, 0.25) is 0 Å². The predicted molar refractivity (Wildman–Crippen MR) is 169 cm³/mol. The molecule has 2 aromatic carbocycles.